The number of halogens is 3. The van der Waals surface area contributed by atoms with Crippen molar-refractivity contribution in [3.63, 3.8) is 0 Å². The van der Waals surface area contributed by atoms with Crippen LogP contribution in [0.15, 0.2) is 28.7 Å². The molecule has 8 heteroatoms. The monoisotopic (exact) mass is 285 g/mol. The van der Waals surface area contributed by atoms with E-state index < -0.39 is 17.6 Å². The van der Waals surface area contributed by atoms with Gasteiger partial charge in [0, 0.05) is 12.5 Å². The van der Waals surface area contributed by atoms with Gasteiger partial charge in [0.2, 0.25) is 11.8 Å². The van der Waals surface area contributed by atoms with Crippen LogP contribution >= 0.6 is 0 Å². The van der Waals surface area contributed by atoms with Gasteiger partial charge in [-0.25, -0.2) is 0 Å². The Morgan fingerprint density at radius 1 is 1.25 bits per heavy atom. The molecule has 2 rings (SSSR count). The maximum absolute atomic E-state index is 12.4. The molecule has 0 aliphatic rings. The van der Waals surface area contributed by atoms with Crippen LogP contribution in [-0.4, -0.2) is 16.1 Å². The normalized spacial score (nSPS) is 11.4. The Morgan fingerprint density at radius 2 is 1.90 bits per heavy atom. The van der Waals surface area contributed by atoms with Crippen molar-refractivity contribution in [1.82, 2.24) is 15.5 Å². The van der Waals surface area contributed by atoms with Crippen LogP contribution in [-0.2, 0) is 12.7 Å². The van der Waals surface area contributed by atoms with Crippen LogP contribution in [0.4, 0.5) is 13.2 Å². The molecule has 0 saturated carbocycles. The summed E-state index contributed by atoms with van der Waals surface area (Å²) in [6.07, 6.45) is -4.42. The van der Waals surface area contributed by atoms with Gasteiger partial charge < -0.3 is 9.73 Å². The first-order valence-electron chi connectivity index (χ1n) is 5.61. The van der Waals surface area contributed by atoms with Crippen molar-refractivity contribution in [2.45, 2.75) is 19.6 Å². The Kier molecular flexibility index (Phi) is 3.73. The second-order valence-corrected chi connectivity index (χ2v) is 3.97. The molecule has 0 radical (unpaired) electrons. The summed E-state index contributed by atoms with van der Waals surface area (Å²) in [5.74, 6) is 0.0705. The van der Waals surface area contributed by atoms with Gasteiger partial charge in [-0.1, -0.05) is 0 Å². The molecule has 0 aliphatic carbocycles. The van der Waals surface area contributed by atoms with Crippen molar-refractivity contribution in [3.05, 3.63) is 47.2 Å². The largest absolute Gasteiger partial charge is 0.424 e. The molecule has 0 aliphatic heterocycles. The zero-order valence-corrected chi connectivity index (χ0v) is 10.4. The van der Waals surface area contributed by atoms with E-state index in [4.69, 9.17) is 4.42 Å². The molecule has 0 bridgehead atoms. The van der Waals surface area contributed by atoms with E-state index in [1.54, 1.807) is 6.92 Å². The van der Waals surface area contributed by atoms with Gasteiger partial charge in [-0.2, -0.15) is 13.2 Å². The third kappa shape index (κ3) is 3.34. The third-order valence-electron chi connectivity index (χ3n) is 2.44. The van der Waals surface area contributed by atoms with Crippen LogP contribution in [0.25, 0.3) is 0 Å². The number of carbonyl (C=O) groups excluding carboxylic acids is 1. The average molecular weight is 285 g/mol. The van der Waals surface area contributed by atoms with E-state index >= 15 is 0 Å². The SMILES string of the molecule is Cc1nnc(CNC(=O)c2ccc(C(F)(F)F)cc2)o1. The summed E-state index contributed by atoms with van der Waals surface area (Å²) in [5.41, 5.74) is -0.684. The molecule has 5 nitrogen and oxygen atoms in total. The second kappa shape index (κ2) is 5.32. The third-order valence-corrected chi connectivity index (χ3v) is 2.44. The molecule has 0 fully saturated rings. The van der Waals surface area contributed by atoms with Gasteiger partial charge in [0.05, 0.1) is 12.1 Å². The molecule has 1 heterocycles. The summed E-state index contributed by atoms with van der Waals surface area (Å²) in [6, 6.07) is 3.92. The second-order valence-electron chi connectivity index (χ2n) is 3.97. The van der Waals surface area contributed by atoms with E-state index in [1.165, 1.54) is 0 Å². The summed E-state index contributed by atoms with van der Waals surface area (Å²) in [6.45, 7) is 1.62. The molecule has 0 unspecified atom stereocenters. The average Bonchev–Trinajstić information content (AvgIpc) is 2.81. The molecule has 1 aromatic heterocycles. The van der Waals surface area contributed by atoms with Crippen molar-refractivity contribution in [1.29, 1.82) is 0 Å². The Bertz CT molecular complexity index is 605. The number of nitrogens with zero attached hydrogens (tertiary/aromatic N) is 2. The lowest BCUT2D eigenvalue weighted by Gasteiger charge is -2.07. The summed E-state index contributed by atoms with van der Waals surface area (Å²) in [4.78, 5) is 11.7. The van der Waals surface area contributed by atoms with Gasteiger partial charge >= 0.3 is 6.18 Å². The highest BCUT2D eigenvalue weighted by atomic mass is 19.4. The first-order chi connectivity index (χ1) is 9.36. The van der Waals surface area contributed by atoms with Crippen LogP contribution < -0.4 is 5.32 Å². The molecule has 0 saturated heterocycles. The van der Waals surface area contributed by atoms with Crippen LogP contribution in [0.3, 0.4) is 0 Å². The fourth-order valence-corrected chi connectivity index (χ4v) is 1.48. The lowest BCUT2D eigenvalue weighted by molar-refractivity contribution is -0.137. The van der Waals surface area contributed by atoms with Gasteiger partial charge in [0.1, 0.15) is 0 Å². The quantitative estimate of drug-likeness (QED) is 0.939. The number of hydrogen-bond donors (Lipinski definition) is 1. The summed E-state index contributed by atoms with van der Waals surface area (Å²) < 4.78 is 42.1. The van der Waals surface area contributed by atoms with Gasteiger partial charge in [0.15, 0.2) is 0 Å². The van der Waals surface area contributed by atoms with Gasteiger partial charge in [-0.3, -0.25) is 4.79 Å². The fraction of sp³-hybridized carbons (Fsp3) is 0.250. The topological polar surface area (TPSA) is 68.0 Å². The lowest BCUT2D eigenvalue weighted by atomic mass is 10.1. The molecular formula is C12H10F3N3O2. The Balaban J connectivity index is 1.99. The lowest BCUT2D eigenvalue weighted by Crippen LogP contribution is -2.23. The van der Waals surface area contributed by atoms with Crippen molar-refractivity contribution in [2.75, 3.05) is 0 Å². The number of hydrogen-bond acceptors (Lipinski definition) is 4. The standard InChI is InChI=1S/C12H10F3N3O2/c1-7-17-18-10(20-7)6-16-11(19)8-2-4-9(5-3-8)12(13,14)15/h2-5H,6H2,1H3,(H,16,19). The number of amides is 1. The highest BCUT2D eigenvalue weighted by molar-refractivity contribution is 5.94. The molecule has 1 amide bonds. The molecule has 1 N–H and O–H groups in total. The van der Waals surface area contributed by atoms with Gasteiger partial charge in [0.25, 0.3) is 5.91 Å². The van der Waals surface area contributed by atoms with Gasteiger partial charge in [-0.15, -0.1) is 10.2 Å². The van der Waals surface area contributed by atoms with Crippen molar-refractivity contribution >= 4 is 5.91 Å². The molecule has 0 atom stereocenters. The van der Waals surface area contributed by atoms with E-state index in [-0.39, 0.29) is 18.0 Å². The Morgan fingerprint density at radius 3 is 2.40 bits per heavy atom. The number of benzene rings is 1. The van der Waals surface area contributed by atoms with Crippen LogP contribution in [0.1, 0.15) is 27.7 Å². The highest BCUT2D eigenvalue weighted by Crippen LogP contribution is 2.29. The first-order valence-corrected chi connectivity index (χ1v) is 5.61. The zero-order valence-electron chi connectivity index (χ0n) is 10.4. The van der Waals surface area contributed by atoms with E-state index in [0.29, 0.717) is 5.89 Å². The minimum Gasteiger partial charge on any atom is -0.424 e. The number of aromatic nitrogens is 2. The predicted octanol–water partition coefficient (Wildman–Crippen LogP) is 2.33. The molecular weight excluding hydrogens is 275 g/mol. The number of rotatable bonds is 3. The van der Waals surface area contributed by atoms with E-state index in [0.717, 1.165) is 24.3 Å². The molecule has 2 aromatic rings. The zero-order chi connectivity index (χ0) is 14.8. The maximum Gasteiger partial charge on any atom is 0.416 e. The molecule has 1 aromatic carbocycles. The Labute approximate surface area is 111 Å². The first kappa shape index (κ1) is 14.0. The van der Waals surface area contributed by atoms with Crippen LogP contribution in [0, 0.1) is 6.92 Å². The highest BCUT2D eigenvalue weighted by Gasteiger charge is 2.30. The number of aryl methyl sites for hydroxylation is 1. The van der Waals surface area contributed by atoms with E-state index in [2.05, 4.69) is 15.5 Å². The van der Waals surface area contributed by atoms with Crippen molar-refractivity contribution in [3.8, 4) is 0 Å². The predicted molar refractivity (Wildman–Crippen MR) is 61.6 cm³/mol. The maximum atomic E-state index is 12.4. The number of carbonyl (C=O) groups is 1. The van der Waals surface area contributed by atoms with Crippen molar-refractivity contribution < 1.29 is 22.4 Å². The van der Waals surface area contributed by atoms with Gasteiger partial charge in [-0.05, 0) is 24.3 Å². The smallest absolute Gasteiger partial charge is 0.416 e. The number of nitrogens with one attached hydrogen (secondary N) is 1. The van der Waals surface area contributed by atoms with E-state index in [9.17, 15) is 18.0 Å². The summed E-state index contributed by atoms with van der Waals surface area (Å²) >= 11 is 0. The van der Waals surface area contributed by atoms with Crippen molar-refractivity contribution in [2.24, 2.45) is 0 Å². The van der Waals surface area contributed by atoms with Crippen LogP contribution in [0.2, 0.25) is 0 Å². The number of alkyl halides is 3. The molecule has 20 heavy (non-hydrogen) atoms. The minimum absolute atomic E-state index is 0.0146. The molecule has 0 spiro atoms. The van der Waals surface area contributed by atoms with E-state index in [1.807, 2.05) is 0 Å². The van der Waals surface area contributed by atoms with Crippen LogP contribution in [0.5, 0.6) is 0 Å². The summed E-state index contributed by atoms with van der Waals surface area (Å²) in [7, 11) is 0. The Hall–Kier alpha value is -2.38. The molecule has 106 valence electrons. The fourth-order valence-electron chi connectivity index (χ4n) is 1.48. The minimum atomic E-state index is -4.42. The summed E-state index contributed by atoms with van der Waals surface area (Å²) in [5, 5.41) is 9.73.